The second kappa shape index (κ2) is 5.35. The first-order valence-electron chi connectivity index (χ1n) is 6.17. The number of fused-ring (bicyclic) bond motifs is 1. The topological polar surface area (TPSA) is 20.3 Å². The predicted octanol–water partition coefficient (Wildman–Crippen LogP) is 2.33. The molecule has 2 saturated heterocycles. The molecule has 0 aliphatic carbocycles. The highest BCUT2D eigenvalue weighted by molar-refractivity contribution is 7.99. The van der Waals surface area contributed by atoms with E-state index < -0.39 is 0 Å². The summed E-state index contributed by atoms with van der Waals surface area (Å²) in [4.78, 5) is 13.9. The zero-order chi connectivity index (χ0) is 10.7. The molecule has 0 aromatic rings. The number of hydrogen-bond acceptors (Lipinski definition) is 3. The monoisotopic (exact) mass is 227 g/mol. The van der Waals surface area contributed by atoms with E-state index in [0.29, 0.717) is 11.8 Å². The fourth-order valence-corrected chi connectivity index (χ4v) is 4.02. The molecule has 86 valence electrons. The maximum absolute atomic E-state index is 11.3. The van der Waals surface area contributed by atoms with E-state index in [1.807, 2.05) is 0 Å². The van der Waals surface area contributed by atoms with Gasteiger partial charge in [-0.1, -0.05) is 13.3 Å². The van der Waals surface area contributed by atoms with Crippen LogP contribution in [0.25, 0.3) is 0 Å². The maximum Gasteiger partial charge on any atom is 0.135 e. The van der Waals surface area contributed by atoms with Gasteiger partial charge in [-0.25, -0.2) is 0 Å². The molecule has 2 aliphatic rings. The molecular weight excluding hydrogens is 206 g/mol. The summed E-state index contributed by atoms with van der Waals surface area (Å²) >= 11 is 2.12. The highest BCUT2D eigenvalue weighted by atomic mass is 32.2. The Kier molecular flexibility index (Phi) is 4.09. The first-order chi connectivity index (χ1) is 7.29. The summed E-state index contributed by atoms with van der Waals surface area (Å²) in [5, 5.41) is 0.799. The summed E-state index contributed by atoms with van der Waals surface area (Å²) in [6.45, 7) is 4.50. The van der Waals surface area contributed by atoms with Gasteiger partial charge in [0.25, 0.3) is 0 Å². The number of ketones is 1. The summed E-state index contributed by atoms with van der Waals surface area (Å²) in [5.74, 6) is 1.78. The molecule has 2 fully saturated rings. The number of piperidine rings is 1. The summed E-state index contributed by atoms with van der Waals surface area (Å²) in [5.41, 5.74) is 0. The number of hydrogen-bond donors (Lipinski definition) is 0. The third-order valence-electron chi connectivity index (χ3n) is 3.48. The molecule has 2 atom stereocenters. The standard InChI is InChI=1S/C12H21NOS/c1-2-3-6-15-12-8-10-7-11(14)4-5-13(10)9-12/h10,12H,2-9H2,1H3. The van der Waals surface area contributed by atoms with Crippen LogP contribution >= 0.6 is 11.8 Å². The van der Waals surface area contributed by atoms with Crippen molar-refractivity contribution < 1.29 is 4.79 Å². The quantitative estimate of drug-likeness (QED) is 0.688. The van der Waals surface area contributed by atoms with Gasteiger partial charge < -0.3 is 0 Å². The van der Waals surface area contributed by atoms with Crippen LogP contribution in [0.4, 0.5) is 0 Å². The van der Waals surface area contributed by atoms with Crippen molar-refractivity contribution in [2.75, 3.05) is 18.8 Å². The first-order valence-corrected chi connectivity index (χ1v) is 7.22. The van der Waals surface area contributed by atoms with Gasteiger partial charge in [0.15, 0.2) is 0 Å². The third kappa shape index (κ3) is 2.97. The van der Waals surface area contributed by atoms with Crippen molar-refractivity contribution >= 4 is 17.5 Å². The SMILES string of the molecule is CCCCSC1CC2CC(=O)CCN2C1. The van der Waals surface area contributed by atoms with Crippen molar-refractivity contribution in [3.63, 3.8) is 0 Å². The molecule has 3 heteroatoms. The number of nitrogens with zero attached hydrogens (tertiary/aromatic N) is 1. The highest BCUT2D eigenvalue weighted by Gasteiger charge is 2.35. The van der Waals surface area contributed by atoms with Crippen LogP contribution in [0.15, 0.2) is 0 Å². The fourth-order valence-electron chi connectivity index (χ4n) is 2.57. The van der Waals surface area contributed by atoms with Crippen molar-refractivity contribution in [2.24, 2.45) is 0 Å². The van der Waals surface area contributed by atoms with Gasteiger partial charge in [0.05, 0.1) is 0 Å². The second-order valence-corrected chi connectivity index (χ2v) is 6.13. The number of carbonyl (C=O) groups is 1. The Balaban J connectivity index is 1.75. The average Bonchev–Trinajstić information content (AvgIpc) is 2.60. The van der Waals surface area contributed by atoms with Crippen molar-refractivity contribution in [2.45, 2.75) is 50.3 Å². The molecule has 2 unspecified atom stereocenters. The lowest BCUT2D eigenvalue weighted by molar-refractivity contribution is -0.122. The van der Waals surface area contributed by atoms with Crippen LogP contribution in [-0.2, 0) is 4.79 Å². The molecule has 0 amide bonds. The smallest absolute Gasteiger partial charge is 0.135 e. The lowest BCUT2D eigenvalue weighted by atomic mass is 10.0. The van der Waals surface area contributed by atoms with Gasteiger partial charge in [-0.05, 0) is 18.6 Å². The van der Waals surface area contributed by atoms with E-state index in [2.05, 4.69) is 23.6 Å². The molecule has 2 aliphatic heterocycles. The van der Waals surface area contributed by atoms with Crippen LogP contribution < -0.4 is 0 Å². The maximum atomic E-state index is 11.3. The molecule has 0 bridgehead atoms. The summed E-state index contributed by atoms with van der Waals surface area (Å²) in [7, 11) is 0. The third-order valence-corrected chi connectivity index (χ3v) is 4.82. The summed E-state index contributed by atoms with van der Waals surface area (Å²) in [6.07, 6.45) is 5.50. The lowest BCUT2D eigenvalue weighted by Crippen LogP contribution is -2.38. The number of unbranched alkanes of at least 4 members (excludes halogenated alkanes) is 1. The van der Waals surface area contributed by atoms with E-state index in [1.165, 1.54) is 31.6 Å². The minimum Gasteiger partial charge on any atom is -0.300 e. The van der Waals surface area contributed by atoms with Gasteiger partial charge in [-0.15, -0.1) is 0 Å². The van der Waals surface area contributed by atoms with Crippen LogP contribution in [0, 0.1) is 0 Å². The molecule has 0 radical (unpaired) electrons. The van der Waals surface area contributed by atoms with Crippen molar-refractivity contribution in [3.05, 3.63) is 0 Å². The van der Waals surface area contributed by atoms with E-state index >= 15 is 0 Å². The number of Topliss-reactive ketones (excluding diaryl/α,β-unsaturated/α-hetero) is 1. The minimum absolute atomic E-state index is 0.482. The zero-order valence-corrected chi connectivity index (χ0v) is 10.4. The molecule has 0 saturated carbocycles. The van der Waals surface area contributed by atoms with E-state index in [4.69, 9.17) is 0 Å². The number of carbonyl (C=O) groups excluding carboxylic acids is 1. The van der Waals surface area contributed by atoms with Crippen LogP contribution in [0.2, 0.25) is 0 Å². The molecule has 0 aromatic heterocycles. The summed E-state index contributed by atoms with van der Waals surface area (Å²) in [6, 6.07) is 0.588. The van der Waals surface area contributed by atoms with Crippen molar-refractivity contribution in [1.29, 1.82) is 0 Å². The van der Waals surface area contributed by atoms with E-state index in [1.54, 1.807) is 0 Å². The molecule has 2 nitrogen and oxygen atoms in total. The second-order valence-electron chi connectivity index (χ2n) is 4.72. The van der Waals surface area contributed by atoms with Gasteiger partial charge in [0.2, 0.25) is 0 Å². The Morgan fingerprint density at radius 1 is 1.53 bits per heavy atom. The zero-order valence-electron chi connectivity index (χ0n) is 9.58. The van der Waals surface area contributed by atoms with E-state index in [0.717, 1.165) is 24.6 Å². The predicted molar refractivity (Wildman–Crippen MR) is 65.4 cm³/mol. The molecule has 2 heterocycles. The number of rotatable bonds is 4. The van der Waals surface area contributed by atoms with Crippen LogP contribution in [0.5, 0.6) is 0 Å². The average molecular weight is 227 g/mol. The Morgan fingerprint density at radius 3 is 3.20 bits per heavy atom. The Morgan fingerprint density at radius 2 is 2.40 bits per heavy atom. The normalized spacial score (nSPS) is 31.9. The van der Waals surface area contributed by atoms with Crippen LogP contribution in [0.1, 0.15) is 39.0 Å². The Hall–Kier alpha value is -0.0200. The van der Waals surface area contributed by atoms with E-state index in [-0.39, 0.29) is 0 Å². The van der Waals surface area contributed by atoms with Gasteiger partial charge in [0.1, 0.15) is 5.78 Å². The van der Waals surface area contributed by atoms with Gasteiger partial charge in [0, 0.05) is 37.2 Å². The Bertz CT molecular complexity index is 232. The highest BCUT2D eigenvalue weighted by Crippen LogP contribution is 2.32. The van der Waals surface area contributed by atoms with Crippen LogP contribution in [0.3, 0.4) is 0 Å². The van der Waals surface area contributed by atoms with Crippen molar-refractivity contribution in [3.8, 4) is 0 Å². The lowest BCUT2D eigenvalue weighted by Gasteiger charge is -2.27. The number of thioether (sulfide) groups is 1. The molecule has 15 heavy (non-hydrogen) atoms. The van der Waals surface area contributed by atoms with E-state index in [9.17, 15) is 4.79 Å². The molecule has 0 N–H and O–H groups in total. The van der Waals surface area contributed by atoms with Crippen molar-refractivity contribution in [1.82, 2.24) is 4.90 Å². The van der Waals surface area contributed by atoms with Gasteiger partial charge in [-0.3, -0.25) is 9.69 Å². The van der Waals surface area contributed by atoms with Gasteiger partial charge in [-0.2, -0.15) is 11.8 Å². The van der Waals surface area contributed by atoms with Gasteiger partial charge >= 0.3 is 0 Å². The minimum atomic E-state index is 0.482. The van der Waals surface area contributed by atoms with Crippen LogP contribution in [-0.4, -0.2) is 40.8 Å². The molecule has 0 spiro atoms. The largest absolute Gasteiger partial charge is 0.300 e. The fraction of sp³-hybridized carbons (Fsp3) is 0.917. The molecule has 2 rings (SSSR count). The molecular formula is C12H21NOS. The molecule has 0 aromatic carbocycles. The first kappa shape index (κ1) is 11.5. The Labute approximate surface area is 96.8 Å². The summed E-state index contributed by atoms with van der Waals surface area (Å²) < 4.78 is 0.